The zero-order valence-corrected chi connectivity index (χ0v) is 20.0. The van der Waals surface area contributed by atoms with E-state index in [1.165, 1.54) is 33.6 Å². The van der Waals surface area contributed by atoms with E-state index in [9.17, 15) is 0 Å². The van der Waals surface area contributed by atoms with E-state index in [2.05, 4.69) is 63.0 Å². The lowest BCUT2D eigenvalue weighted by Crippen LogP contribution is -2.08. The number of hydrogen-bond acceptors (Lipinski definition) is 6. The quantitative estimate of drug-likeness (QED) is 0.135. The van der Waals surface area contributed by atoms with E-state index in [1.807, 2.05) is 12.3 Å². The Bertz CT molecular complexity index is 1290. The van der Waals surface area contributed by atoms with E-state index in [0.29, 0.717) is 0 Å². The van der Waals surface area contributed by atoms with Crippen LogP contribution in [-0.4, -0.2) is 17.1 Å². The summed E-state index contributed by atoms with van der Waals surface area (Å²) in [4.78, 5) is 5.56. The lowest BCUT2D eigenvalue weighted by atomic mass is 10.1. The molecule has 0 radical (unpaired) electrons. The first-order valence-corrected chi connectivity index (χ1v) is 12.9. The first-order chi connectivity index (χ1) is 14.5. The number of nitrogens with two attached hydrogens (primary N) is 1. The average molecular weight is 514 g/mol. The van der Waals surface area contributed by atoms with E-state index in [-0.39, 0.29) is 5.84 Å². The van der Waals surface area contributed by atoms with Gasteiger partial charge in [-0.15, -0.1) is 34.4 Å². The predicted octanol–water partition coefficient (Wildman–Crippen LogP) is 6.95. The van der Waals surface area contributed by atoms with Crippen molar-refractivity contribution in [1.29, 1.82) is 5.41 Å². The Morgan fingerprint density at radius 1 is 1.13 bits per heavy atom. The van der Waals surface area contributed by atoms with Crippen LogP contribution in [0.3, 0.4) is 0 Å². The molecular formula is C22H17BrN4S3. The highest BCUT2D eigenvalue weighted by atomic mass is 79.9. The van der Waals surface area contributed by atoms with Crippen LogP contribution in [0.2, 0.25) is 0 Å². The van der Waals surface area contributed by atoms with Gasteiger partial charge in [-0.05, 0) is 65.3 Å². The fraction of sp³-hybridized carbons (Fsp3) is 0.0909. The fourth-order valence-corrected chi connectivity index (χ4v) is 6.56. The Hall–Kier alpha value is -2.13. The number of rotatable bonds is 5. The molecule has 0 unspecified atom stereocenters. The monoisotopic (exact) mass is 512 g/mol. The van der Waals surface area contributed by atoms with Crippen LogP contribution in [0.15, 0.2) is 56.5 Å². The molecule has 0 bridgehead atoms. The van der Waals surface area contributed by atoms with Crippen LogP contribution < -0.4 is 11.1 Å². The van der Waals surface area contributed by atoms with Crippen LogP contribution in [-0.2, 0) is 6.42 Å². The molecule has 1 aliphatic rings. The highest BCUT2D eigenvalue weighted by molar-refractivity contribution is 9.10. The van der Waals surface area contributed by atoms with Crippen LogP contribution in [0.5, 0.6) is 0 Å². The number of benzene rings is 2. The van der Waals surface area contributed by atoms with Crippen LogP contribution >= 0.6 is 50.4 Å². The maximum absolute atomic E-state index is 7.70. The van der Waals surface area contributed by atoms with Crippen LogP contribution in [0.25, 0.3) is 22.4 Å². The minimum Gasteiger partial charge on any atom is -0.383 e. The number of anilines is 2. The number of thiophene rings is 1. The molecule has 30 heavy (non-hydrogen) atoms. The van der Waals surface area contributed by atoms with Crippen molar-refractivity contribution in [3.63, 3.8) is 0 Å². The molecule has 150 valence electrons. The molecule has 0 atom stereocenters. The van der Waals surface area contributed by atoms with Crippen molar-refractivity contribution in [3.8, 4) is 22.4 Å². The van der Waals surface area contributed by atoms with Gasteiger partial charge in [0.05, 0.1) is 14.8 Å². The van der Waals surface area contributed by atoms with Crippen LogP contribution in [0.1, 0.15) is 16.0 Å². The zero-order valence-electron chi connectivity index (χ0n) is 16.0. The summed E-state index contributed by atoms with van der Waals surface area (Å²) in [5.74, 6) is 0.0984. The first-order valence-electron chi connectivity index (χ1n) is 9.18. The van der Waals surface area contributed by atoms with Gasteiger partial charge in [-0.25, -0.2) is 4.98 Å². The summed E-state index contributed by atoms with van der Waals surface area (Å²) in [7, 11) is 0. The van der Waals surface area contributed by atoms with Gasteiger partial charge in [0.2, 0.25) is 0 Å². The van der Waals surface area contributed by atoms with Crippen molar-refractivity contribution in [1.82, 2.24) is 4.98 Å². The van der Waals surface area contributed by atoms with E-state index in [4.69, 9.17) is 16.1 Å². The third-order valence-corrected chi connectivity index (χ3v) is 8.58. The van der Waals surface area contributed by atoms with E-state index < -0.39 is 0 Å². The normalized spacial score (nSPS) is 11.9. The Morgan fingerprint density at radius 2 is 1.90 bits per heavy atom. The second-order valence-corrected chi connectivity index (χ2v) is 10.8. The molecule has 0 spiro atoms. The van der Waals surface area contributed by atoms with Crippen LogP contribution in [0.4, 0.5) is 10.8 Å². The van der Waals surface area contributed by atoms with Crippen molar-refractivity contribution in [3.05, 3.63) is 68.3 Å². The third kappa shape index (κ3) is 3.58. The number of fused-ring (bicyclic) bond motifs is 3. The third-order valence-electron chi connectivity index (χ3n) is 5.02. The molecule has 2 aromatic heterocycles. The molecule has 0 aliphatic heterocycles. The van der Waals surface area contributed by atoms with E-state index in [1.54, 1.807) is 23.1 Å². The summed E-state index contributed by atoms with van der Waals surface area (Å²) in [6.07, 6.45) is 2.98. The number of amidine groups is 1. The number of thioether (sulfide) groups is 1. The Morgan fingerprint density at radius 3 is 2.67 bits per heavy atom. The summed E-state index contributed by atoms with van der Waals surface area (Å²) in [5.41, 5.74) is 14.0. The summed E-state index contributed by atoms with van der Waals surface area (Å²) >= 11 is 8.35. The minimum atomic E-state index is 0.0984. The van der Waals surface area contributed by atoms with Gasteiger partial charge in [-0.2, -0.15) is 0 Å². The molecule has 4 aromatic rings. The Kier molecular flexibility index (Phi) is 5.18. The van der Waals surface area contributed by atoms with Gasteiger partial charge in [-0.1, -0.05) is 28.1 Å². The molecular weight excluding hydrogens is 496 g/mol. The molecule has 4 nitrogen and oxygen atoms in total. The number of halogens is 1. The molecule has 4 N–H and O–H groups in total. The van der Waals surface area contributed by atoms with Gasteiger partial charge in [0.15, 0.2) is 5.13 Å². The number of thiazole rings is 1. The summed E-state index contributed by atoms with van der Waals surface area (Å²) in [6, 6.07) is 15.0. The highest BCUT2D eigenvalue weighted by Gasteiger charge is 2.19. The molecule has 0 saturated heterocycles. The van der Waals surface area contributed by atoms with Gasteiger partial charge in [0.1, 0.15) is 5.84 Å². The molecule has 1 aliphatic carbocycles. The Labute approximate surface area is 195 Å². The van der Waals surface area contributed by atoms with Crippen molar-refractivity contribution in [2.45, 2.75) is 10.6 Å². The smallest absolute Gasteiger partial charge is 0.187 e. The summed E-state index contributed by atoms with van der Waals surface area (Å²) in [5, 5.41) is 14.1. The number of nitrogens with one attached hydrogen (secondary N) is 2. The maximum atomic E-state index is 7.70. The lowest BCUT2D eigenvalue weighted by molar-refractivity contribution is 1.26. The molecule has 2 aromatic carbocycles. The number of nitrogen functional groups attached to an aromatic ring is 1. The first kappa shape index (κ1) is 19.8. The average Bonchev–Trinajstić information content (AvgIpc) is 3.43. The second-order valence-electron chi connectivity index (χ2n) is 6.94. The van der Waals surface area contributed by atoms with Gasteiger partial charge in [0, 0.05) is 21.1 Å². The standard InChI is InChI=1S/C22H17BrN4S3/c1-28-21-17(9-19(30-21)20(24)25)18-10-29-22(27-18)26-14-3-5-16-12(8-14)6-11-7-13(23)2-4-15(11)16/h2-5,7-10H,6H2,1H3,(H3,24,25)(H,26,27). The molecule has 0 fully saturated rings. The highest BCUT2D eigenvalue weighted by Crippen LogP contribution is 2.41. The molecule has 5 rings (SSSR count). The predicted molar refractivity (Wildman–Crippen MR) is 134 cm³/mol. The summed E-state index contributed by atoms with van der Waals surface area (Å²) in [6.45, 7) is 0. The van der Waals surface area contributed by atoms with Crippen molar-refractivity contribution >= 4 is 67.0 Å². The summed E-state index contributed by atoms with van der Waals surface area (Å²) < 4.78 is 2.24. The van der Waals surface area contributed by atoms with E-state index >= 15 is 0 Å². The molecule has 0 saturated carbocycles. The molecule has 8 heteroatoms. The van der Waals surface area contributed by atoms with Gasteiger partial charge in [0.25, 0.3) is 0 Å². The second kappa shape index (κ2) is 7.85. The van der Waals surface area contributed by atoms with Crippen molar-refractivity contribution in [2.75, 3.05) is 11.6 Å². The zero-order chi connectivity index (χ0) is 20.8. The fourth-order valence-electron chi connectivity index (χ4n) is 3.67. The van der Waals surface area contributed by atoms with Crippen LogP contribution in [0, 0.1) is 5.41 Å². The number of nitrogens with zero attached hydrogens (tertiary/aromatic N) is 1. The van der Waals surface area contributed by atoms with Gasteiger partial charge >= 0.3 is 0 Å². The molecule has 0 amide bonds. The largest absolute Gasteiger partial charge is 0.383 e. The van der Waals surface area contributed by atoms with Gasteiger partial charge < -0.3 is 11.1 Å². The maximum Gasteiger partial charge on any atom is 0.187 e. The van der Waals surface area contributed by atoms with Crippen molar-refractivity contribution < 1.29 is 0 Å². The Balaban J connectivity index is 1.40. The SMILES string of the molecule is CSc1sc(C(=N)N)cc1-c1csc(Nc2ccc3c(c2)Cc2cc(Br)ccc2-3)n1. The van der Waals surface area contributed by atoms with Gasteiger partial charge in [-0.3, -0.25) is 5.41 Å². The topological polar surface area (TPSA) is 74.8 Å². The van der Waals surface area contributed by atoms with Crippen molar-refractivity contribution in [2.24, 2.45) is 5.73 Å². The number of hydrogen-bond donors (Lipinski definition) is 3. The lowest BCUT2D eigenvalue weighted by Gasteiger charge is -2.06. The number of aromatic nitrogens is 1. The molecule has 2 heterocycles. The van der Waals surface area contributed by atoms with E-state index in [0.717, 1.165) is 42.1 Å². The minimum absolute atomic E-state index is 0.0984.